The molecule has 53 heavy (non-hydrogen) atoms. The number of carbonyl (C=O) groups excluding carboxylic acids is 1. The molecule has 2 saturated carbocycles. The van der Waals surface area contributed by atoms with Crippen LogP contribution in [-0.2, 0) is 16.8 Å². The van der Waals surface area contributed by atoms with Crippen LogP contribution in [0.3, 0.4) is 0 Å². The Morgan fingerprint density at radius 1 is 0.868 bits per heavy atom. The molecule has 3 fully saturated rings. The third-order valence-corrected chi connectivity index (χ3v) is 14.4. The van der Waals surface area contributed by atoms with E-state index in [1.54, 1.807) is 21.3 Å². The molecule has 8 heteroatoms. The molecule has 1 aliphatic heterocycles. The first-order chi connectivity index (χ1) is 25.7. The highest BCUT2D eigenvalue weighted by Gasteiger charge is 2.78. The SMILES string of the molecule is COc1cc([C@H]2CN(C)[C@@]3(c4ccccc4-c4nc5ccccc5nc43)[C@]23C[C@H]2[C@@H]4CCc5cc(O)ccc5[C@H]4CC[C@]2(C)C3=O)cc(OC)c1OC. The molecule has 2 heterocycles. The number of methoxy groups -OCH3 is 3. The summed E-state index contributed by atoms with van der Waals surface area (Å²) in [7, 11) is 7.12. The van der Waals surface area contributed by atoms with Crippen LogP contribution >= 0.6 is 0 Å². The molecular formula is C45H45N3O5. The summed E-state index contributed by atoms with van der Waals surface area (Å²) in [6, 6.07) is 26.7. The van der Waals surface area contributed by atoms with Crippen molar-refractivity contribution in [2.24, 2.45) is 22.7 Å². The largest absolute Gasteiger partial charge is 0.508 e. The molecule has 7 atom stereocenters. The van der Waals surface area contributed by atoms with E-state index in [-0.39, 0.29) is 11.8 Å². The summed E-state index contributed by atoms with van der Waals surface area (Å²) in [5.74, 6) is 3.01. The Kier molecular flexibility index (Phi) is 6.96. The Labute approximate surface area is 310 Å². The number of phenols is 1. The smallest absolute Gasteiger partial charge is 0.203 e. The van der Waals surface area contributed by atoms with Gasteiger partial charge in [0.15, 0.2) is 11.5 Å². The number of carbonyl (C=O) groups is 1. The van der Waals surface area contributed by atoms with Crippen LogP contribution in [0.5, 0.6) is 23.0 Å². The molecule has 0 unspecified atom stereocenters. The Hall–Kier alpha value is -4.95. The number of aryl methyl sites for hydroxylation is 1. The molecule has 1 saturated heterocycles. The number of rotatable bonds is 4. The molecule has 0 radical (unpaired) electrons. The van der Waals surface area contributed by atoms with Gasteiger partial charge in [-0.1, -0.05) is 49.4 Å². The van der Waals surface area contributed by atoms with Crippen LogP contribution in [0.25, 0.3) is 22.3 Å². The lowest BCUT2D eigenvalue weighted by atomic mass is 9.55. The van der Waals surface area contributed by atoms with E-state index in [2.05, 4.69) is 61.3 Å². The maximum Gasteiger partial charge on any atom is 0.203 e. The summed E-state index contributed by atoms with van der Waals surface area (Å²) in [5, 5.41) is 10.4. The first-order valence-electron chi connectivity index (χ1n) is 19.0. The van der Waals surface area contributed by atoms with Gasteiger partial charge in [-0.3, -0.25) is 9.69 Å². The second-order valence-corrected chi connectivity index (χ2v) is 16.3. The van der Waals surface area contributed by atoms with Crippen molar-refractivity contribution in [3.8, 4) is 34.3 Å². The lowest BCUT2D eigenvalue weighted by Crippen LogP contribution is -2.54. The summed E-state index contributed by atoms with van der Waals surface area (Å²) in [6.07, 6.45) is 4.40. The highest BCUT2D eigenvalue weighted by Crippen LogP contribution is 2.76. The van der Waals surface area contributed by atoms with Crippen molar-refractivity contribution >= 4 is 16.8 Å². The van der Waals surface area contributed by atoms with Crippen LogP contribution in [0.1, 0.15) is 72.4 Å². The number of hydrogen-bond acceptors (Lipinski definition) is 8. The van der Waals surface area contributed by atoms with Gasteiger partial charge in [-0.25, -0.2) is 9.97 Å². The number of likely N-dealkylation sites (tertiary alicyclic amines) is 1. The molecule has 270 valence electrons. The number of Topliss-reactive ketones (excluding diaryl/α,β-unsaturated/α-hetero) is 1. The highest BCUT2D eigenvalue weighted by atomic mass is 16.5. The van der Waals surface area contributed by atoms with E-state index in [4.69, 9.17) is 24.2 Å². The standard InChI is InChI=1S/C45H45N3O5/c1-43-19-18-29-28-17-15-27(49)20-25(28)14-16-30(29)33(43)23-44(42(43)50)34(26-21-37(51-3)40(53-5)38(22-26)52-4)24-48(2)45(44)32-11-7-6-10-31(32)39-41(45)47-36-13-9-8-12-35(36)46-39/h6-13,15,17,20-22,29-30,33-34,49H,14,16,18-19,23-24H2,1-5H3/t29-,30-,33+,34-,43+,44-,45-/m1/s1. The molecule has 1 aromatic heterocycles. The molecule has 8 nitrogen and oxygen atoms in total. The van der Waals surface area contributed by atoms with Crippen molar-refractivity contribution in [3.05, 3.63) is 107 Å². The minimum absolute atomic E-state index is 0.160. The summed E-state index contributed by atoms with van der Waals surface area (Å²) in [6.45, 7) is 2.91. The molecule has 0 amide bonds. The van der Waals surface area contributed by atoms with E-state index in [1.807, 2.05) is 36.4 Å². The second kappa shape index (κ2) is 11.3. The van der Waals surface area contributed by atoms with Crippen molar-refractivity contribution < 1.29 is 24.1 Å². The van der Waals surface area contributed by atoms with E-state index in [0.29, 0.717) is 47.2 Å². The van der Waals surface area contributed by atoms with Gasteiger partial charge in [0.25, 0.3) is 0 Å². The Bertz CT molecular complexity index is 2330. The first kappa shape index (κ1) is 32.7. The first-order valence-corrected chi connectivity index (χ1v) is 19.0. The maximum absolute atomic E-state index is 16.5. The number of hydrogen-bond donors (Lipinski definition) is 1. The number of likely N-dealkylation sites (N-methyl/N-ethyl adjacent to an activating group) is 1. The van der Waals surface area contributed by atoms with E-state index >= 15 is 4.79 Å². The number of fused-ring (bicyclic) bond motifs is 12. The van der Waals surface area contributed by atoms with Gasteiger partial charge >= 0.3 is 0 Å². The number of aromatic hydroxyl groups is 1. The predicted octanol–water partition coefficient (Wildman–Crippen LogP) is 8.04. The number of phenolic OH excluding ortho intramolecular Hbond substituents is 1. The van der Waals surface area contributed by atoms with E-state index in [1.165, 1.54) is 11.1 Å². The maximum atomic E-state index is 16.5. The molecule has 2 spiro atoms. The van der Waals surface area contributed by atoms with Gasteiger partial charge in [0.05, 0.1) is 49.2 Å². The predicted molar refractivity (Wildman–Crippen MR) is 203 cm³/mol. The number of nitrogens with zero attached hydrogens (tertiary/aromatic N) is 3. The zero-order valence-electron chi connectivity index (χ0n) is 31.0. The topological polar surface area (TPSA) is 94.0 Å². The van der Waals surface area contributed by atoms with Gasteiger partial charge in [0, 0.05) is 23.4 Å². The highest BCUT2D eigenvalue weighted by molar-refractivity contribution is 5.99. The summed E-state index contributed by atoms with van der Waals surface area (Å²) >= 11 is 0. The summed E-state index contributed by atoms with van der Waals surface area (Å²) in [4.78, 5) is 29.8. The number of aromatic nitrogens is 2. The Morgan fingerprint density at radius 3 is 2.32 bits per heavy atom. The fraction of sp³-hybridized carbons (Fsp3) is 0.400. The van der Waals surface area contributed by atoms with Crippen LogP contribution in [0.2, 0.25) is 0 Å². The lowest BCUT2D eigenvalue weighted by Gasteiger charge is -2.48. The molecule has 0 bridgehead atoms. The lowest BCUT2D eigenvalue weighted by molar-refractivity contribution is -0.139. The summed E-state index contributed by atoms with van der Waals surface area (Å²) in [5.41, 5.74) is 6.90. The van der Waals surface area contributed by atoms with E-state index < -0.39 is 16.4 Å². The number of ketones is 1. The van der Waals surface area contributed by atoms with Gasteiger partial charge < -0.3 is 19.3 Å². The van der Waals surface area contributed by atoms with Gasteiger partial charge in [-0.2, -0.15) is 0 Å². The van der Waals surface area contributed by atoms with Gasteiger partial charge in [-0.15, -0.1) is 0 Å². The number of benzene rings is 4. The quantitative estimate of drug-likeness (QED) is 0.201. The molecule has 1 N–H and O–H groups in total. The van der Waals surface area contributed by atoms with Gasteiger partial charge in [0.1, 0.15) is 17.1 Å². The van der Waals surface area contributed by atoms with Crippen molar-refractivity contribution in [2.45, 2.75) is 56.4 Å². The zero-order valence-corrected chi connectivity index (χ0v) is 31.0. The van der Waals surface area contributed by atoms with Crippen molar-refractivity contribution in [3.63, 3.8) is 0 Å². The Balaban J connectivity index is 1.26. The fourth-order valence-corrected chi connectivity index (χ4v) is 12.4. The van der Waals surface area contributed by atoms with Crippen LogP contribution in [0.15, 0.2) is 78.9 Å². The molecule has 4 aliphatic carbocycles. The van der Waals surface area contributed by atoms with Crippen molar-refractivity contribution in [2.75, 3.05) is 34.9 Å². The summed E-state index contributed by atoms with van der Waals surface area (Å²) < 4.78 is 17.7. The van der Waals surface area contributed by atoms with E-state index in [0.717, 1.165) is 71.2 Å². The Morgan fingerprint density at radius 2 is 1.58 bits per heavy atom. The third-order valence-electron chi connectivity index (χ3n) is 14.4. The molecule has 4 aromatic carbocycles. The zero-order chi connectivity index (χ0) is 36.4. The average molecular weight is 708 g/mol. The van der Waals surface area contributed by atoms with Crippen LogP contribution in [0, 0.1) is 22.7 Å². The molecule has 10 rings (SSSR count). The van der Waals surface area contributed by atoms with Crippen LogP contribution in [-0.4, -0.2) is 60.7 Å². The molecule has 5 aromatic rings. The van der Waals surface area contributed by atoms with Crippen LogP contribution in [0.4, 0.5) is 0 Å². The minimum atomic E-state index is -0.894. The van der Waals surface area contributed by atoms with Crippen molar-refractivity contribution in [1.82, 2.24) is 14.9 Å². The number of para-hydroxylation sites is 2. The molecular weight excluding hydrogens is 663 g/mol. The van der Waals surface area contributed by atoms with Gasteiger partial charge in [-0.05, 0) is 116 Å². The molecule has 5 aliphatic rings. The monoisotopic (exact) mass is 707 g/mol. The van der Waals surface area contributed by atoms with Crippen LogP contribution < -0.4 is 14.2 Å². The average Bonchev–Trinajstić information content (AvgIpc) is 3.72. The minimum Gasteiger partial charge on any atom is -0.508 e. The second-order valence-electron chi connectivity index (χ2n) is 16.3. The van der Waals surface area contributed by atoms with Gasteiger partial charge in [0.2, 0.25) is 5.75 Å². The number of ether oxygens (including phenoxy) is 3. The third kappa shape index (κ3) is 3.97. The van der Waals surface area contributed by atoms with E-state index in [9.17, 15) is 5.11 Å². The normalized spacial score (nSPS) is 30.9. The fourth-order valence-electron chi connectivity index (χ4n) is 12.4. The van der Waals surface area contributed by atoms with Crippen molar-refractivity contribution in [1.29, 1.82) is 0 Å².